The van der Waals surface area contributed by atoms with E-state index in [0.29, 0.717) is 5.56 Å². The topological polar surface area (TPSA) is 37.8 Å². The molecule has 19 heavy (non-hydrogen) atoms. The van der Waals surface area contributed by atoms with Gasteiger partial charge in [-0.15, -0.1) is 0 Å². The van der Waals surface area contributed by atoms with Gasteiger partial charge in [0.05, 0.1) is 5.69 Å². The average Bonchev–Trinajstić information content (AvgIpc) is 2.41. The minimum atomic E-state index is -0.215. The summed E-state index contributed by atoms with van der Waals surface area (Å²) in [6, 6.07) is 6.99. The summed E-state index contributed by atoms with van der Waals surface area (Å²) < 4.78 is 13.6. The molecule has 1 heterocycles. The van der Waals surface area contributed by atoms with E-state index in [2.05, 4.69) is 15.3 Å². The van der Waals surface area contributed by atoms with Crippen LogP contribution in [0.1, 0.15) is 31.2 Å². The maximum absolute atomic E-state index is 13.6. The highest BCUT2D eigenvalue weighted by atomic mass is 19.1. The fourth-order valence-electron chi connectivity index (χ4n) is 1.75. The summed E-state index contributed by atoms with van der Waals surface area (Å²) in [6.07, 6.45) is 0. The second-order valence-electron chi connectivity index (χ2n) is 4.87. The van der Waals surface area contributed by atoms with Gasteiger partial charge in [-0.3, -0.25) is 0 Å². The van der Waals surface area contributed by atoms with Crippen LogP contribution in [0.2, 0.25) is 0 Å². The van der Waals surface area contributed by atoms with E-state index >= 15 is 0 Å². The molecule has 0 aliphatic carbocycles. The molecule has 2 aromatic rings. The summed E-state index contributed by atoms with van der Waals surface area (Å²) in [6.45, 7) is 5.82. The third kappa shape index (κ3) is 2.89. The van der Waals surface area contributed by atoms with Crippen LogP contribution in [0.3, 0.4) is 0 Å². The van der Waals surface area contributed by atoms with Crippen LogP contribution in [0.5, 0.6) is 0 Å². The number of halogens is 1. The molecule has 0 radical (unpaired) electrons. The summed E-state index contributed by atoms with van der Waals surface area (Å²) in [5, 5.41) is 3.01. The lowest BCUT2D eigenvalue weighted by atomic mass is 10.1. The number of anilines is 1. The molecular formula is C15H18FN3. The molecular weight excluding hydrogens is 241 g/mol. The summed E-state index contributed by atoms with van der Waals surface area (Å²) in [5.41, 5.74) is 2.14. The fraction of sp³-hybridized carbons (Fsp3) is 0.333. The van der Waals surface area contributed by atoms with Gasteiger partial charge in [0.1, 0.15) is 17.5 Å². The Bertz CT molecular complexity index is 594. The molecule has 0 aliphatic rings. The van der Waals surface area contributed by atoms with Crippen molar-refractivity contribution in [1.82, 2.24) is 9.97 Å². The van der Waals surface area contributed by atoms with Crippen LogP contribution in [0.25, 0.3) is 11.3 Å². The van der Waals surface area contributed by atoms with Gasteiger partial charge in [0, 0.05) is 24.6 Å². The lowest BCUT2D eigenvalue weighted by Gasteiger charge is -2.10. The van der Waals surface area contributed by atoms with Crippen molar-refractivity contribution in [3.8, 4) is 11.3 Å². The molecule has 100 valence electrons. The Balaban J connectivity index is 2.54. The molecule has 0 bridgehead atoms. The third-order valence-corrected chi connectivity index (χ3v) is 2.98. The Kier molecular flexibility index (Phi) is 3.79. The van der Waals surface area contributed by atoms with Gasteiger partial charge in [-0.25, -0.2) is 14.4 Å². The predicted octanol–water partition coefficient (Wildman–Crippen LogP) is 3.76. The van der Waals surface area contributed by atoms with Crippen LogP contribution in [-0.2, 0) is 0 Å². The maximum Gasteiger partial charge on any atom is 0.133 e. The van der Waals surface area contributed by atoms with Gasteiger partial charge < -0.3 is 5.32 Å². The Hall–Kier alpha value is -1.97. The van der Waals surface area contributed by atoms with Crippen molar-refractivity contribution in [3.63, 3.8) is 0 Å². The molecule has 0 aliphatic heterocycles. The van der Waals surface area contributed by atoms with E-state index in [4.69, 9.17) is 0 Å². The molecule has 1 aromatic heterocycles. The normalized spacial score (nSPS) is 10.8. The van der Waals surface area contributed by atoms with Crippen LogP contribution in [0, 0.1) is 12.7 Å². The SMILES string of the molecule is CNc1cc(-c2ccc(C)c(F)c2)nc(C(C)C)n1. The van der Waals surface area contributed by atoms with Gasteiger partial charge in [0.25, 0.3) is 0 Å². The molecule has 0 amide bonds. The standard InChI is InChI=1S/C15H18FN3/c1-9(2)15-18-13(8-14(17-4)19-15)11-6-5-10(3)12(16)7-11/h5-9H,1-4H3,(H,17,18,19). The zero-order valence-corrected chi connectivity index (χ0v) is 11.7. The highest BCUT2D eigenvalue weighted by Crippen LogP contribution is 2.24. The highest BCUT2D eigenvalue weighted by molar-refractivity contribution is 5.63. The number of aromatic nitrogens is 2. The Morgan fingerprint density at radius 3 is 2.47 bits per heavy atom. The van der Waals surface area contributed by atoms with E-state index < -0.39 is 0 Å². The van der Waals surface area contributed by atoms with Gasteiger partial charge in [-0.1, -0.05) is 26.0 Å². The van der Waals surface area contributed by atoms with Crippen molar-refractivity contribution in [2.45, 2.75) is 26.7 Å². The average molecular weight is 259 g/mol. The summed E-state index contributed by atoms with van der Waals surface area (Å²) in [4.78, 5) is 8.91. The maximum atomic E-state index is 13.6. The number of nitrogens with zero attached hydrogens (tertiary/aromatic N) is 2. The van der Waals surface area contributed by atoms with Gasteiger partial charge in [-0.05, 0) is 18.6 Å². The zero-order valence-electron chi connectivity index (χ0n) is 11.7. The zero-order chi connectivity index (χ0) is 14.0. The van der Waals surface area contributed by atoms with Gasteiger partial charge in [-0.2, -0.15) is 0 Å². The van der Waals surface area contributed by atoms with Crippen LogP contribution >= 0.6 is 0 Å². The fourth-order valence-corrected chi connectivity index (χ4v) is 1.75. The predicted molar refractivity (Wildman–Crippen MR) is 75.8 cm³/mol. The number of benzene rings is 1. The molecule has 1 N–H and O–H groups in total. The number of aryl methyl sites for hydroxylation is 1. The van der Waals surface area contributed by atoms with Crippen molar-refractivity contribution in [2.24, 2.45) is 0 Å². The summed E-state index contributed by atoms with van der Waals surface area (Å²) in [7, 11) is 1.81. The molecule has 2 rings (SSSR count). The Morgan fingerprint density at radius 1 is 1.16 bits per heavy atom. The monoisotopic (exact) mass is 259 g/mol. The first-order valence-corrected chi connectivity index (χ1v) is 6.34. The molecule has 1 aromatic carbocycles. The van der Waals surface area contributed by atoms with Crippen molar-refractivity contribution in [3.05, 3.63) is 41.5 Å². The van der Waals surface area contributed by atoms with E-state index in [1.54, 1.807) is 13.0 Å². The largest absolute Gasteiger partial charge is 0.373 e. The van der Waals surface area contributed by atoms with Gasteiger partial charge in [0.15, 0.2) is 0 Å². The number of nitrogens with one attached hydrogen (secondary N) is 1. The van der Waals surface area contributed by atoms with E-state index in [-0.39, 0.29) is 11.7 Å². The van der Waals surface area contributed by atoms with Crippen LogP contribution in [-0.4, -0.2) is 17.0 Å². The molecule has 4 heteroatoms. The van der Waals surface area contributed by atoms with Crippen molar-refractivity contribution >= 4 is 5.82 Å². The minimum absolute atomic E-state index is 0.215. The van der Waals surface area contributed by atoms with Gasteiger partial charge in [0.2, 0.25) is 0 Å². The molecule has 3 nitrogen and oxygen atoms in total. The number of rotatable bonds is 3. The molecule has 0 spiro atoms. The van der Waals surface area contributed by atoms with E-state index in [1.807, 2.05) is 33.0 Å². The van der Waals surface area contributed by atoms with Crippen LogP contribution in [0.15, 0.2) is 24.3 Å². The lowest BCUT2D eigenvalue weighted by molar-refractivity contribution is 0.619. The molecule has 0 atom stereocenters. The second kappa shape index (κ2) is 5.34. The molecule has 0 fully saturated rings. The van der Waals surface area contributed by atoms with Crippen molar-refractivity contribution < 1.29 is 4.39 Å². The van der Waals surface area contributed by atoms with Crippen LogP contribution in [0.4, 0.5) is 10.2 Å². The van der Waals surface area contributed by atoms with E-state index in [9.17, 15) is 4.39 Å². The molecule has 0 unspecified atom stereocenters. The second-order valence-corrected chi connectivity index (χ2v) is 4.87. The summed E-state index contributed by atoms with van der Waals surface area (Å²) >= 11 is 0. The van der Waals surface area contributed by atoms with E-state index in [0.717, 1.165) is 22.9 Å². The Labute approximate surface area is 112 Å². The highest BCUT2D eigenvalue weighted by Gasteiger charge is 2.10. The first-order chi connectivity index (χ1) is 9.01. The third-order valence-electron chi connectivity index (χ3n) is 2.98. The van der Waals surface area contributed by atoms with Crippen LogP contribution < -0.4 is 5.32 Å². The van der Waals surface area contributed by atoms with E-state index in [1.165, 1.54) is 6.07 Å². The first kappa shape index (κ1) is 13.5. The lowest BCUT2D eigenvalue weighted by Crippen LogP contribution is -2.03. The van der Waals surface area contributed by atoms with Crippen molar-refractivity contribution in [1.29, 1.82) is 0 Å². The molecule has 0 saturated carbocycles. The summed E-state index contributed by atoms with van der Waals surface area (Å²) in [5.74, 6) is 1.51. The first-order valence-electron chi connectivity index (χ1n) is 6.34. The van der Waals surface area contributed by atoms with Crippen molar-refractivity contribution in [2.75, 3.05) is 12.4 Å². The Morgan fingerprint density at radius 2 is 1.89 bits per heavy atom. The smallest absolute Gasteiger partial charge is 0.133 e. The number of hydrogen-bond donors (Lipinski definition) is 1. The quantitative estimate of drug-likeness (QED) is 0.912. The van der Waals surface area contributed by atoms with Gasteiger partial charge >= 0.3 is 0 Å². The number of hydrogen-bond acceptors (Lipinski definition) is 3. The molecule has 0 saturated heterocycles. The minimum Gasteiger partial charge on any atom is -0.373 e.